The fraction of sp³-hybridized carbons (Fsp3) is 0.500. The molecule has 1 aromatic carbocycles. The zero-order valence-electron chi connectivity index (χ0n) is 11.8. The number of aromatic hydroxyl groups is 1. The molecule has 0 bridgehead atoms. The lowest BCUT2D eigenvalue weighted by Gasteiger charge is -2.24. The van der Waals surface area contributed by atoms with Crippen LogP contribution in [0.25, 0.3) is 0 Å². The van der Waals surface area contributed by atoms with E-state index in [1.165, 1.54) is 13.2 Å². The van der Waals surface area contributed by atoms with Gasteiger partial charge in [-0.1, -0.05) is 0 Å². The number of phenols is 1. The second kappa shape index (κ2) is 6.43. The highest BCUT2D eigenvalue weighted by Crippen LogP contribution is 2.26. The van der Waals surface area contributed by atoms with Gasteiger partial charge in [-0.25, -0.2) is 0 Å². The summed E-state index contributed by atoms with van der Waals surface area (Å²) in [5.41, 5.74) is -0.0375. The van der Waals surface area contributed by atoms with Crippen molar-refractivity contribution in [2.45, 2.75) is 26.4 Å². The van der Waals surface area contributed by atoms with E-state index in [1.54, 1.807) is 12.1 Å². The lowest BCUT2D eigenvalue weighted by atomic mass is 10.1. The van der Waals surface area contributed by atoms with Crippen molar-refractivity contribution in [1.29, 1.82) is 0 Å². The van der Waals surface area contributed by atoms with Crippen LogP contribution in [0.4, 0.5) is 0 Å². The van der Waals surface area contributed by atoms with E-state index in [-0.39, 0.29) is 11.7 Å². The molecule has 0 unspecified atom stereocenters. The predicted molar refractivity (Wildman–Crippen MR) is 72.7 cm³/mol. The third kappa shape index (κ3) is 4.44. The molecule has 0 aliphatic heterocycles. The van der Waals surface area contributed by atoms with Crippen LogP contribution in [0.3, 0.4) is 0 Å². The summed E-state index contributed by atoms with van der Waals surface area (Å²) < 4.78 is 10.4. The van der Waals surface area contributed by atoms with Crippen LogP contribution in [0.15, 0.2) is 18.2 Å². The number of phenolic OH excluding ortho intramolecular Hbond substituents is 1. The summed E-state index contributed by atoms with van der Waals surface area (Å²) in [6, 6.07) is 4.53. The molecular formula is C14H21NO4. The van der Waals surface area contributed by atoms with Crippen molar-refractivity contribution >= 4 is 5.91 Å². The predicted octanol–water partition coefficient (Wildman–Crippen LogP) is 1.95. The molecular weight excluding hydrogens is 246 g/mol. The summed E-state index contributed by atoms with van der Waals surface area (Å²) in [5.74, 6) is 0.0242. The summed E-state index contributed by atoms with van der Waals surface area (Å²) in [5, 5.41) is 12.4. The highest BCUT2D eigenvalue weighted by atomic mass is 16.5. The molecule has 1 amide bonds. The largest absolute Gasteiger partial charge is 0.504 e. The molecule has 1 rings (SSSR count). The molecule has 0 aliphatic carbocycles. The maximum Gasteiger partial charge on any atom is 0.251 e. The summed E-state index contributed by atoms with van der Waals surface area (Å²) >= 11 is 0. The van der Waals surface area contributed by atoms with Gasteiger partial charge in [-0.3, -0.25) is 4.79 Å². The first-order chi connectivity index (χ1) is 8.89. The molecule has 0 aromatic heterocycles. The van der Waals surface area contributed by atoms with E-state index in [0.717, 1.165) is 0 Å². The molecule has 0 heterocycles. The molecule has 5 heteroatoms. The van der Waals surface area contributed by atoms with Crippen molar-refractivity contribution in [2.75, 3.05) is 20.3 Å². The topological polar surface area (TPSA) is 67.8 Å². The van der Waals surface area contributed by atoms with E-state index < -0.39 is 5.60 Å². The molecule has 19 heavy (non-hydrogen) atoms. The molecule has 2 N–H and O–H groups in total. The standard InChI is InChI=1S/C14H21NO4/c1-5-19-14(2,3)9-15-13(17)10-6-7-12(18-4)11(16)8-10/h6-8,16H,5,9H2,1-4H3,(H,15,17). The first kappa shape index (κ1) is 15.3. The van der Waals surface area contributed by atoms with Crippen LogP contribution < -0.4 is 10.1 Å². The first-order valence-corrected chi connectivity index (χ1v) is 6.19. The van der Waals surface area contributed by atoms with E-state index in [2.05, 4.69) is 5.32 Å². The Morgan fingerprint density at radius 1 is 1.42 bits per heavy atom. The van der Waals surface area contributed by atoms with E-state index >= 15 is 0 Å². The van der Waals surface area contributed by atoms with Gasteiger partial charge in [0.1, 0.15) is 0 Å². The fourth-order valence-electron chi connectivity index (χ4n) is 1.67. The van der Waals surface area contributed by atoms with E-state index in [9.17, 15) is 9.90 Å². The van der Waals surface area contributed by atoms with Crippen LogP contribution in [-0.2, 0) is 4.74 Å². The number of amides is 1. The van der Waals surface area contributed by atoms with Crippen LogP contribution in [0.1, 0.15) is 31.1 Å². The van der Waals surface area contributed by atoms with Crippen LogP contribution in [0.5, 0.6) is 11.5 Å². The van der Waals surface area contributed by atoms with Gasteiger partial charge in [0.2, 0.25) is 0 Å². The molecule has 0 atom stereocenters. The minimum Gasteiger partial charge on any atom is -0.504 e. The highest BCUT2D eigenvalue weighted by Gasteiger charge is 2.19. The van der Waals surface area contributed by atoms with Crippen molar-refractivity contribution in [3.8, 4) is 11.5 Å². The Morgan fingerprint density at radius 2 is 2.11 bits per heavy atom. The number of carbonyl (C=O) groups is 1. The number of benzene rings is 1. The number of ether oxygens (including phenoxy) is 2. The number of hydrogen-bond acceptors (Lipinski definition) is 4. The van der Waals surface area contributed by atoms with Gasteiger partial charge < -0.3 is 19.9 Å². The molecule has 0 aliphatic rings. The van der Waals surface area contributed by atoms with Gasteiger partial charge in [0.15, 0.2) is 11.5 Å². The second-order valence-corrected chi connectivity index (χ2v) is 4.76. The molecule has 106 valence electrons. The van der Waals surface area contributed by atoms with Gasteiger partial charge in [0, 0.05) is 18.7 Å². The van der Waals surface area contributed by atoms with Gasteiger partial charge in [-0.05, 0) is 39.0 Å². The van der Waals surface area contributed by atoms with Crippen molar-refractivity contribution in [3.63, 3.8) is 0 Å². The average Bonchev–Trinajstić information content (AvgIpc) is 2.36. The highest BCUT2D eigenvalue weighted by molar-refractivity contribution is 5.94. The Bertz CT molecular complexity index is 443. The van der Waals surface area contributed by atoms with Gasteiger partial charge in [0.25, 0.3) is 5.91 Å². The van der Waals surface area contributed by atoms with E-state index in [4.69, 9.17) is 9.47 Å². The summed E-state index contributed by atoms with van der Waals surface area (Å²) in [6.07, 6.45) is 0. The Morgan fingerprint density at radius 3 is 2.63 bits per heavy atom. The zero-order valence-corrected chi connectivity index (χ0v) is 11.8. The van der Waals surface area contributed by atoms with Crippen LogP contribution in [-0.4, -0.2) is 36.9 Å². The Hall–Kier alpha value is -1.75. The van der Waals surface area contributed by atoms with Gasteiger partial charge in [-0.15, -0.1) is 0 Å². The number of nitrogens with one attached hydrogen (secondary N) is 1. The minimum absolute atomic E-state index is 0.0563. The minimum atomic E-state index is -0.418. The number of methoxy groups -OCH3 is 1. The molecule has 0 fully saturated rings. The van der Waals surface area contributed by atoms with E-state index in [0.29, 0.717) is 24.5 Å². The fourth-order valence-corrected chi connectivity index (χ4v) is 1.67. The Kier molecular flexibility index (Phi) is 5.18. The van der Waals surface area contributed by atoms with E-state index in [1.807, 2.05) is 20.8 Å². The third-order valence-corrected chi connectivity index (χ3v) is 2.65. The molecule has 1 aromatic rings. The number of hydrogen-bond donors (Lipinski definition) is 2. The van der Waals surface area contributed by atoms with Crippen LogP contribution in [0.2, 0.25) is 0 Å². The summed E-state index contributed by atoms with van der Waals surface area (Å²) in [4.78, 5) is 11.9. The van der Waals surface area contributed by atoms with Gasteiger partial charge in [-0.2, -0.15) is 0 Å². The quantitative estimate of drug-likeness (QED) is 0.826. The number of carbonyl (C=O) groups excluding carboxylic acids is 1. The maximum atomic E-state index is 11.9. The maximum absolute atomic E-state index is 11.9. The molecule has 0 saturated heterocycles. The monoisotopic (exact) mass is 267 g/mol. The van der Waals surface area contributed by atoms with Crippen LogP contribution >= 0.6 is 0 Å². The van der Waals surface area contributed by atoms with Crippen molar-refractivity contribution in [2.24, 2.45) is 0 Å². The lowest BCUT2D eigenvalue weighted by molar-refractivity contribution is -0.00815. The first-order valence-electron chi connectivity index (χ1n) is 6.19. The molecule has 0 radical (unpaired) electrons. The Balaban J connectivity index is 2.66. The smallest absolute Gasteiger partial charge is 0.251 e. The summed E-state index contributed by atoms with van der Waals surface area (Å²) in [6.45, 7) is 6.70. The lowest BCUT2D eigenvalue weighted by Crippen LogP contribution is -2.40. The third-order valence-electron chi connectivity index (χ3n) is 2.65. The van der Waals surface area contributed by atoms with Crippen molar-refractivity contribution in [3.05, 3.63) is 23.8 Å². The molecule has 5 nitrogen and oxygen atoms in total. The average molecular weight is 267 g/mol. The molecule has 0 spiro atoms. The normalized spacial score (nSPS) is 11.2. The van der Waals surface area contributed by atoms with Crippen LogP contribution in [0, 0.1) is 0 Å². The van der Waals surface area contributed by atoms with Crippen molar-refractivity contribution < 1.29 is 19.4 Å². The van der Waals surface area contributed by atoms with Crippen molar-refractivity contribution in [1.82, 2.24) is 5.32 Å². The van der Waals surface area contributed by atoms with Gasteiger partial charge >= 0.3 is 0 Å². The second-order valence-electron chi connectivity index (χ2n) is 4.76. The number of rotatable bonds is 6. The van der Waals surface area contributed by atoms with Gasteiger partial charge in [0.05, 0.1) is 12.7 Å². The molecule has 0 saturated carbocycles. The Labute approximate surface area is 113 Å². The summed E-state index contributed by atoms with van der Waals surface area (Å²) in [7, 11) is 1.46. The SMILES string of the molecule is CCOC(C)(C)CNC(=O)c1ccc(OC)c(O)c1. The zero-order chi connectivity index (χ0) is 14.5.